The lowest BCUT2D eigenvalue weighted by molar-refractivity contribution is -0.161. The number of aliphatic hydroxyl groups is 1. The van der Waals surface area contributed by atoms with Gasteiger partial charge in [-0.1, -0.05) is 389 Å². The van der Waals surface area contributed by atoms with Crippen molar-refractivity contribution in [3.8, 4) is 0 Å². The Labute approximate surface area is 512 Å². The maximum absolute atomic E-state index is 12.4. The summed E-state index contributed by atoms with van der Waals surface area (Å²) in [6.07, 6.45) is 100.0. The Morgan fingerprint density at radius 3 is 0.793 bits per heavy atom. The molecule has 0 aromatic rings. The van der Waals surface area contributed by atoms with Crippen LogP contribution in [0.2, 0.25) is 0 Å². The molecule has 1 atom stereocenters. The Kier molecular flexibility index (Phi) is 70.7. The monoisotopic (exact) mass is 1150 g/mol. The number of allylic oxidation sites excluding steroid dienone is 10. The molecule has 5 nitrogen and oxygen atoms in total. The van der Waals surface area contributed by atoms with Crippen molar-refractivity contribution < 1.29 is 24.2 Å². The summed E-state index contributed by atoms with van der Waals surface area (Å²) < 4.78 is 10.8. The first-order chi connectivity index (χ1) is 40.6. The molecular formula is C77H142O5. The molecular weight excluding hydrogens is 1000 g/mol. The van der Waals surface area contributed by atoms with Crippen LogP contribution in [0.4, 0.5) is 0 Å². The summed E-state index contributed by atoms with van der Waals surface area (Å²) in [6.45, 7) is 4.09. The van der Waals surface area contributed by atoms with Gasteiger partial charge in [0.1, 0.15) is 6.61 Å². The van der Waals surface area contributed by atoms with E-state index in [2.05, 4.69) is 74.6 Å². The zero-order valence-electron chi connectivity index (χ0n) is 55.3. The lowest BCUT2D eigenvalue weighted by atomic mass is 10.0. The van der Waals surface area contributed by atoms with Gasteiger partial charge in [0.2, 0.25) is 0 Å². The zero-order chi connectivity index (χ0) is 59.1. The number of ether oxygens (including phenoxy) is 2. The van der Waals surface area contributed by atoms with Crippen molar-refractivity contribution in [1.29, 1.82) is 0 Å². The number of hydrogen-bond donors (Lipinski definition) is 1. The van der Waals surface area contributed by atoms with E-state index >= 15 is 0 Å². The fourth-order valence-electron chi connectivity index (χ4n) is 11.4. The second-order valence-electron chi connectivity index (χ2n) is 25.0. The predicted octanol–water partition coefficient (Wildman–Crippen LogP) is 25.7. The van der Waals surface area contributed by atoms with E-state index in [9.17, 15) is 14.7 Å². The van der Waals surface area contributed by atoms with E-state index in [1.165, 1.54) is 308 Å². The van der Waals surface area contributed by atoms with Crippen molar-refractivity contribution >= 4 is 11.9 Å². The van der Waals surface area contributed by atoms with Crippen molar-refractivity contribution in [3.63, 3.8) is 0 Å². The molecule has 5 heteroatoms. The number of carbonyl (C=O) groups excluding carboxylic acids is 2. The van der Waals surface area contributed by atoms with Crippen LogP contribution in [-0.4, -0.2) is 36.4 Å². The van der Waals surface area contributed by atoms with Crippen LogP contribution in [0, 0.1) is 0 Å². The summed E-state index contributed by atoms with van der Waals surface area (Å²) in [5.41, 5.74) is 0. The number of hydrogen-bond acceptors (Lipinski definition) is 5. The van der Waals surface area contributed by atoms with E-state index in [0.29, 0.717) is 12.8 Å². The third kappa shape index (κ3) is 70.1. The molecule has 0 rings (SSSR count). The van der Waals surface area contributed by atoms with Gasteiger partial charge in [-0.3, -0.25) is 9.59 Å². The van der Waals surface area contributed by atoms with Gasteiger partial charge >= 0.3 is 11.9 Å². The van der Waals surface area contributed by atoms with Crippen LogP contribution in [-0.2, 0) is 19.1 Å². The van der Waals surface area contributed by atoms with E-state index in [0.717, 1.165) is 64.2 Å². The number of aliphatic hydroxyl groups excluding tert-OH is 1. The van der Waals surface area contributed by atoms with Crippen LogP contribution in [0.3, 0.4) is 0 Å². The molecule has 0 radical (unpaired) electrons. The molecule has 0 aromatic heterocycles. The highest BCUT2D eigenvalue weighted by Gasteiger charge is 2.16. The molecule has 0 amide bonds. The van der Waals surface area contributed by atoms with E-state index in [1.54, 1.807) is 0 Å². The largest absolute Gasteiger partial charge is 0.462 e. The van der Waals surface area contributed by atoms with Crippen LogP contribution in [0.15, 0.2) is 60.8 Å². The van der Waals surface area contributed by atoms with Gasteiger partial charge in [-0.25, -0.2) is 0 Å². The van der Waals surface area contributed by atoms with Crippen molar-refractivity contribution in [2.45, 2.75) is 405 Å². The number of esters is 2. The van der Waals surface area contributed by atoms with E-state index < -0.39 is 6.10 Å². The highest BCUT2D eigenvalue weighted by atomic mass is 16.6. The lowest BCUT2D eigenvalue weighted by Crippen LogP contribution is -2.28. The molecule has 0 aromatic carbocycles. The summed E-state index contributed by atoms with van der Waals surface area (Å²) >= 11 is 0. The number of rotatable bonds is 69. The van der Waals surface area contributed by atoms with Crippen LogP contribution in [0.1, 0.15) is 399 Å². The lowest BCUT2D eigenvalue weighted by Gasteiger charge is -2.15. The van der Waals surface area contributed by atoms with Crippen LogP contribution < -0.4 is 0 Å². The molecule has 82 heavy (non-hydrogen) atoms. The molecule has 0 heterocycles. The molecule has 480 valence electrons. The molecule has 1 unspecified atom stereocenters. The molecule has 0 saturated heterocycles. The van der Waals surface area contributed by atoms with Gasteiger partial charge in [0.25, 0.3) is 0 Å². The van der Waals surface area contributed by atoms with Gasteiger partial charge in [0.05, 0.1) is 6.61 Å². The normalized spacial score (nSPS) is 12.5. The third-order valence-corrected chi connectivity index (χ3v) is 16.8. The number of unbranched alkanes of at least 4 members (excludes halogenated alkanes) is 51. The van der Waals surface area contributed by atoms with Crippen LogP contribution in [0.5, 0.6) is 0 Å². The topological polar surface area (TPSA) is 72.8 Å². The summed E-state index contributed by atoms with van der Waals surface area (Å²) in [4.78, 5) is 24.7. The Balaban J connectivity index is 3.39. The Bertz CT molecular complexity index is 1390. The molecule has 0 saturated carbocycles. The summed E-state index contributed by atoms with van der Waals surface area (Å²) in [6, 6.07) is 0. The fourth-order valence-corrected chi connectivity index (χ4v) is 11.4. The average molecular weight is 1150 g/mol. The van der Waals surface area contributed by atoms with Gasteiger partial charge in [-0.2, -0.15) is 0 Å². The van der Waals surface area contributed by atoms with Crippen LogP contribution in [0.25, 0.3) is 0 Å². The van der Waals surface area contributed by atoms with Crippen molar-refractivity contribution in [2.75, 3.05) is 13.2 Å². The van der Waals surface area contributed by atoms with Gasteiger partial charge in [0.15, 0.2) is 6.10 Å². The summed E-state index contributed by atoms with van der Waals surface area (Å²) in [5.74, 6) is -0.567. The molecule has 0 aliphatic rings. The fraction of sp³-hybridized carbons (Fsp3) is 0.844. The minimum absolute atomic E-state index is 0.0601. The predicted molar refractivity (Wildman–Crippen MR) is 362 cm³/mol. The van der Waals surface area contributed by atoms with E-state index in [-0.39, 0.29) is 25.2 Å². The van der Waals surface area contributed by atoms with Gasteiger partial charge in [-0.15, -0.1) is 0 Å². The maximum atomic E-state index is 12.4. The minimum Gasteiger partial charge on any atom is -0.462 e. The SMILES string of the molecule is CC/C=C\C/C=C\C/C=C\C/C=C\C/C=C\CCCCCCCCCCCCCCCCCCCCCC(=O)OC(CO)COC(=O)CCCCCCCCCCCCCCCCCCCCCCCCCCCCCCCCCCC. The van der Waals surface area contributed by atoms with Crippen molar-refractivity contribution in [3.05, 3.63) is 60.8 Å². The molecule has 0 aliphatic carbocycles. The first-order valence-corrected chi connectivity index (χ1v) is 36.8. The Morgan fingerprint density at radius 1 is 0.293 bits per heavy atom. The average Bonchev–Trinajstić information content (AvgIpc) is 3.49. The molecule has 0 fully saturated rings. The first kappa shape index (κ1) is 79.6. The van der Waals surface area contributed by atoms with Crippen LogP contribution >= 0.6 is 0 Å². The summed E-state index contributed by atoms with van der Waals surface area (Å²) in [7, 11) is 0. The third-order valence-electron chi connectivity index (χ3n) is 16.8. The molecule has 0 bridgehead atoms. The highest BCUT2D eigenvalue weighted by molar-refractivity contribution is 5.70. The van der Waals surface area contributed by atoms with E-state index in [4.69, 9.17) is 9.47 Å². The molecule has 0 spiro atoms. The number of carbonyl (C=O) groups is 2. The first-order valence-electron chi connectivity index (χ1n) is 36.8. The van der Waals surface area contributed by atoms with Crippen molar-refractivity contribution in [1.82, 2.24) is 0 Å². The van der Waals surface area contributed by atoms with Crippen molar-refractivity contribution in [2.24, 2.45) is 0 Å². The van der Waals surface area contributed by atoms with Gasteiger partial charge in [-0.05, 0) is 57.8 Å². The molecule has 1 N–H and O–H groups in total. The smallest absolute Gasteiger partial charge is 0.306 e. The highest BCUT2D eigenvalue weighted by Crippen LogP contribution is 2.19. The Hall–Kier alpha value is -2.40. The second-order valence-corrected chi connectivity index (χ2v) is 25.0. The van der Waals surface area contributed by atoms with E-state index in [1.807, 2.05) is 0 Å². The molecule has 0 aliphatic heterocycles. The second kappa shape index (κ2) is 72.9. The maximum Gasteiger partial charge on any atom is 0.306 e. The standard InChI is InChI=1S/C77H142O5/c1-3-5-7-9-11-13-15-17-19-21-23-25-27-29-31-33-35-37-38-40-42-44-46-48-50-52-54-56-58-60-62-64-66-68-70-72-77(80)82-75(73-78)74-81-76(79)71-69-67-65-63-61-59-57-55-53-51-49-47-45-43-41-39-36-34-32-30-28-26-24-22-20-18-16-14-12-10-8-6-4-2/h5,7,11,13,17,19,23,25,29,31,75,78H,3-4,6,8-10,12,14-16,18,20-22,24,26-28,30,32-74H2,1-2H3/b7-5-,13-11-,19-17-,25-23-,31-29-. The quantitative estimate of drug-likeness (QED) is 0.0373. The minimum atomic E-state index is -0.771. The zero-order valence-corrected chi connectivity index (χ0v) is 55.3. The van der Waals surface area contributed by atoms with Gasteiger partial charge < -0.3 is 14.6 Å². The summed E-state index contributed by atoms with van der Waals surface area (Å²) in [5, 5.41) is 9.71. The van der Waals surface area contributed by atoms with Gasteiger partial charge in [0, 0.05) is 12.8 Å². The Morgan fingerprint density at radius 2 is 0.524 bits per heavy atom.